The first-order valence-corrected chi connectivity index (χ1v) is 15.3. The summed E-state index contributed by atoms with van der Waals surface area (Å²) >= 11 is 5.91. The van der Waals surface area contributed by atoms with Crippen LogP contribution in [0.4, 0.5) is 15.0 Å². The highest BCUT2D eigenvalue weighted by Gasteiger charge is 2.41. The highest BCUT2D eigenvalue weighted by atomic mass is 35.5. The van der Waals surface area contributed by atoms with Gasteiger partial charge in [0.1, 0.15) is 29.2 Å². The third-order valence-electron chi connectivity index (χ3n) is 6.84. The molecule has 1 N–H and O–H groups in total. The zero-order valence-electron chi connectivity index (χ0n) is 22.7. The lowest BCUT2D eigenvalue weighted by Gasteiger charge is -2.42. The molecule has 0 atom stereocenters. The third kappa shape index (κ3) is 6.21. The number of anilines is 1. The molecule has 0 bridgehead atoms. The molecule has 222 valence electrons. The van der Waals surface area contributed by atoms with Crippen molar-refractivity contribution in [3.8, 4) is 0 Å². The minimum atomic E-state index is -3.46. The van der Waals surface area contributed by atoms with Crippen LogP contribution in [0.3, 0.4) is 0 Å². The topological polar surface area (TPSA) is 155 Å². The number of hydrogen-bond donors (Lipinski definition) is 1. The molecule has 2 aromatic heterocycles. The Morgan fingerprint density at radius 3 is 2.48 bits per heavy atom. The summed E-state index contributed by atoms with van der Waals surface area (Å²) in [5.74, 6) is -1.66. The number of hydrogen-bond acceptors (Lipinski definition) is 8. The number of pyridine rings is 1. The largest absolute Gasteiger partial charge is 0.348 e. The van der Waals surface area contributed by atoms with Crippen LogP contribution in [0.15, 0.2) is 41.3 Å². The maximum absolute atomic E-state index is 14.0. The summed E-state index contributed by atoms with van der Waals surface area (Å²) in [6, 6.07) is 7.37. The molecule has 0 unspecified atom stereocenters. The van der Waals surface area contributed by atoms with Gasteiger partial charge in [-0.25, -0.2) is 27.6 Å². The van der Waals surface area contributed by atoms with Gasteiger partial charge in [0.25, 0.3) is 11.5 Å². The van der Waals surface area contributed by atoms with E-state index in [1.807, 2.05) is 0 Å². The third-order valence-corrected chi connectivity index (χ3v) is 7.87. The van der Waals surface area contributed by atoms with Crippen LogP contribution in [0.2, 0.25) is 5.02 Å². The molecular formula is C26H27ClFN7O6S. The van der Waals surface area contributed by atoms with Gasteiger partial charge in [-0.1, -0.05) is 23.7 Å². The number of benzene rings is 1. The fraction of sp³-hybridized carbons (Fsp3) is 0.385. The lowest BCUT2D eigenvalue weighted by atomic mass is 9.99. The van der Waals surface area contributed by atoms with Crippen molar-refractivity contribution in [2.75, 3.05) is 43.2 Å². The number of fused-ring (bicyclic) bond motifs is 1. The Morgan fingerprint density at radius 2 is 1.83 bits per heavy atom. The molecule has 1 aromatic carbocycles. The smallest absolute Gasteiger partial charge is 0.326 e. The Balaban J connectivity index is 1.49. The second kappa shape index (κ2) is 10.9. The van der Waals surface area contributed by atoms with Crippen molar-refractivity contribution in [2.45, 2.75) is 25.7 Å². The van der Waals surface area contributed by atoms with Gasteiger partial charge in [-0.3, -0.25) is 23.9 Å². The van der Waals surface area contributed by atoms with Crippen molar-refractivity contribution in [1.29, 1.82) is 0 Å². The van der Waals surface area contributed by atoms with Crippen molar-refractivity contribution < 1.29 is 27.2 Å². The van der Waals surface area contributed by atoms with E-state index in [1.165, 1.54) is 29.0 Å². The van der Waals surface area contributed by atoms with E-state index in [1.54, 1.807) is 24.3 Å². The molecule has 2 fully saturated rings. The SMILES string of the molecule is CC1(F)CN(C(=O)Cn2c(=O)c(C(=O)NCc3ccc(Cl)cc3)cc3nc(N4CCN(CS(C)(=O)=O)C4=O)cnc32)C1. The van der Waals surface area contributed by atoms with Crippen molar-refractivity contribution in [1.82, 2.24) is 29.7 Å². The van der Waals surface area contributed by atoms with Gasteiger partial charge < -0.3 is 15.1 Å². The Morgan fingerprint density at radius 1 is 1.14 bits per heavy atom. The molecule has 3 aromatic rings. The van der Waals surface area contributed by atoms with E-state index in [-0.39, 0.29) is 55.3 Å². The van der Waals surface area contributed by atoms with Crippen molar-refractivity contribution in [3.05, 3.63) is 63.0 Å². The quantitative estimate of drug-likeness (QED) is 0.394. The van der Waals surface area contributed by atoms with E-state index in [9.17, 15) is 32.0 Å². The molecule has 2 aliphatic heterocycles. The molecule has 42 heavy (non-hydrogen) atoms. The van der Waals surface area contributed by atoms with Crippen molar-refractivity contribution in [3.63, 3.8) is 0 Å². The van der Waals surface area contributed by atoms with Crippen LogP contribution >= 0.6 is 11.6 Å². The Bertz CT molecular complexity index is 1760. The maximum Gasteiger partial charge on any atom is 0.326 e. The number of likely N-dealkylation sites (tertiary alicyclic amines) is 1. The standard InChI is InChI=1S/C26H27ClFN7O6S/c1-26(28)13-33(14-26)21(36)12-35-22-19(9-18(24(35)38)23(37)30-10-16-3-5-17(27)6-4-16)31-20(11-29-22)34-8-7-32(25(34)39)15-42(2,40)41/h3-6,9,11H,7-8,10,12-15H2,1-2H3,(H,30,37). The molecule has 0 radical (unpaired) electrons. The van der Waals surface area contributed by atoms with E-state index in [4.69, 9.17) is 11.6 Å². The summed E-state index contributed by atoms with van der Waals surface area (Å²) in [6.07, 6.45) is 2.25. The Labute approximate surface area is 244 Å². The number of amides is 4. The first-order chi connectivity index (χ1) is 19.7. The molecule has 2 saturated heterocycles. The lowest BCUT2D eigenvalue weighted by Crippen LogP contribution is -2.60. The highest BCUT2D eigenvalue weighted by Crippen LogP contribution is 2.25. The van der Waals surface area contributed by atoms with Gasteiger partial charge in [0, 0.05) is 30.9 Å². The van der Waals surface area contributed by atoms with E-state index in [0.717, 1.165) is 21.3 Å². The van der Waals surface area contributed by atoms with Crippen LogP contribution in [0.25, 0.3) is 11.2 Å². The normalized spacial score (nSPS) is 16.6. The fourth-order valence-corrected chi connectivity index (χ4v) is 5.74. The van der Waals surface area contributed by atoms with Crippen LogP contribution in [0.5, 0.6) is 0 Å². The van der Waals surface area contributed by atoms with Gasteiger partial charge in [0.15, 0.2) is 21.3 Å². The van der Waals surface area contributed by atoms with E-state index >= 15 is 0 Å². The van der Waals surface area contributed by atoms with Gasteiger partial charge in [-0.2, -0.15) is 0 Å². The Hall–Kier alpha value is -4.11. The number of sulfone groups is 1. The van der Waals surface area contributed by atoms with Gasteiger partial charge in [-0.15, -0.1) is 0 Å². The summed E-state index contributed by atoms with van der Waals surface area (Å²) in [4.78, 5) is 64.8. The number of carbonyl (C=O) groups is 3. The number of alkyl halides is 1. The predicted octanol–water partition coefficient (Wildman–Crippen LogP) is 1.19. The number of urea groups is 1. The molecule has 4 heterocycles. The van der Waals surface area contributed by atoms with Gasteiger partial charge in [-0.05, 0) is 30.7 Å². The van der Waals surface area contributed by atoms with E-state index in [2.05, 4.69) is 15.3 Å². The minimum absolute atomic E-state index is 0.0190. The molecule has 13 nitrogen and oxygen atoms in total. The molecule has 2 aliphatic rings. The molecular weight excluding hydrogens is 593 g/mol. The van der Waals surface area contributed by atoms with Gasteiger partial charge in [0.05, 0.1) is 19.3 Å². The first kappa shape index (κ1) is 29.4. The number of nitrogens with one attached hydrogen (secondary N) is 1. The van der Waals surface area contributed by atoms with Crippen LogP contribution in [-0.2, 0) is 27.7 Å². The van der Waals surface area contributed by atoms with Crippen LogP contribution in [0.1, 0.15) is 22.8 Å². The van der Waals surface area contributed by atoms with E-state index < -0.39 is 51.3 Å². The fourth-order valence-electron chi connectivity index (χ4n) is 4.81. The Kier molecular flexibility index (Phi) is 7.66. The number of nitrogens with zero attached hydrogens (tertiary/aromatic N) is 6. The van der Waals surface area contributed by atoms with Crippen molar-refractivity contribution in [2.24, 2.45) is 0 Å². The average Bonchev–Trinajstić information content (AvgIpc) is 3.25. The summed E-state index contributed by atoms with van der Waals surface area (Å²) in [7, 11) is -3.46. The zero-order chi connectivity index (χ0) is 30.4. The molecule has 4 amide bonds. The molecule has 0 spiro atoms. The maximum atomic E-state index is 14.0. The summed E-state index contributed by atoms with van der Waals surface area (Å²) < 4.78 is 38.5. The number of carbonyl (C=O) groups excluding carboxylic acids is 3. The van der Waals surface area contributed by atoms with Crippen LogP contribution in [0, 0.1) is 0 Å². The molecule has 16 heteroatoms. The van der Waals surface area contributed by atoms with Crippen molar-refractivity contribution >= 4 is 56.3 Å². The second-order valence-electron chi connectivity index (χ2n) is 10.6. The lowest BCUT2D eigenvalue weighted by molar-refractivity contribution is -0.144. The minimum Gasteiger partial charge on any atom is -0.348 e. The van der Waals surface area contributed by atoms with E-state index in [0.29, 0.717) is 5.02 Å². The average molecular weight is 620 g/mol. The highest BCUT2D eigenvalue weighted by molar-refractivity contribution is 7.90. The number of halogens is 2. The van der Waals surface area contributed by atoms with Crippen LogP contribution in [-0.4, -0.2) is 94.6 Å². The molecule has 0 aliphatic carbocycles. The molecule has 0 saturated carbocycles. The predicted molar refractivity (Wildman–Crippen MR) is 152 cm³/mol. The molecule has 5 rings (SSSR count). The summed E-state index contributed by atoms with van der Waals surface area (Å²) in [5, 5.41) is 3.19. The summed E-state index contributed by atoms with van der Waals surface area (Å²) in [5.41, 5.74) is -1.88. The zero-order valence-corrected chi connectivity index (χ0v) is 24.3. The number of aromatic nitrogens is 3. The van der Waals surface area contributed by atoms with Crippen LogP contribution < -0.4 is 15.8 Å². The second-order valence-corrected chi connectivity index (χ2v) is 13.2. The van der Waals surface area contributed by atoms with Gasteiger partial charge >= 0.3 is 6.03 Å². The monoisotopic (exact) mass is 619 g/mol. The van der Waals surface area contributed by atoms with Gasteiger partial charge in [0.2, 0.25) is 5.91 Å². The summed E-state index contributed by atoms with van der Waals surface area (Å²) in [6.45, 7) is 0.961. The first-order valence-electron chi connectivity index (χ1n) is 12.8. The number of rotatable bonds is 8.